The van der Waals surface area contributed by atoms with E-state index in [4.69, 9.17) is 0 Å². The molecule has 0 saturated carbocycles. The molecule has 0 atom stereocenters. The van der Waals surface area contributed by atoms with Gasteiger partial charge in [-0.2, -0.15) is 0 Å². The number of benzene rings is 1. The highest BCUT2D eigenvalue weighted by Crippen LogP contribution is 2.24. The van der Waals surface area contributed by atoms with E-state index in [1.54, 1.807) is 0 Å². The van der Waals surface area contributed by atoms with Crippen molar-refractivity contribution >= 4 is 28.6 Å². The van der Waals surface area contributed by atoms with E-state index in [0.29, 0.717) is 12.2 Å². The smallest absolute Gasteiger partial charge is 0.273 e. The molecule has 2 aromatic heterocycles. The van der Waals surface area contributed by atoms with Gasteiger partial charge in [0.05, 0.1) is 5.69 Å². The fourth-order valence-corrected chi connectivity index (χ4v) is 4.37. The maximum atomic E-state index is 13.1. The fourth-order valence-electron chi connectivity index (χ4n) is 3.04. The summed E-state index contributed by atoms with van der Waals surface area (Å²) >= 11 is 3.00. The van der Waals surface area contributed by atoms with Gasteiger partial charge >= 0.3 is 0 Å². The quantitative estimate of drug-likeness (QED) is 0.378. The molecule has 6 heteroatoms. The molecule has 1 aromatic carbocycles. The summed E-state index contributed by atoms with van der Waals surface area (Å²) in [7, 11) is 0. The molecule has 0 bridgehead atoms. The molecule has 3 rings (SSSR count). The molecular weight excluding hydrogens is 386 g/mol. The van der Waals surface area contributed by atoms with Gasteiger partial charge in [0.2, 0.25) is 0 Å². The molecule has 147 valence electrons. The molecule has 2 heterocycles. The SMILES string of the molecule is CCCCCCCN(CCc1cs[c]n1)C(=O)c1csc(-c2ccccc2)n1. The zero-order chi connectivity index (χ0) is 19.6. The van der Waals surface area contributed by atoms with E-state index in [2.05, 4.69) is 22.4 Å². The minimum Gasteiger partial charge on any atom is -0.337 e. The largest absolute Gasteiger partial charge is 0.337 e. The average molecular weight is 413 g/mol. The normalized spacial score (nSPS) is 10.9. The summed E-state index contributed by atoms with van der Waals surface area (Å²) in [6, 6.07) is 10.0. The molecule has 4 nitrogen and oxygen atoms in total. The third-order valence-electron chi connectivity index (χ3n) is 4.64. The maximum absolute atomic E-state index is 13.1. The number of nitrogens with zero attached hydrogens (tertiary/aromatic N) is 3. The molecule has 0 saturated heterocycles. The highest BCUT2D eigenvalue weighted by molar-refractivity contribution is 7.13. The Morgan fingerprint density at radius 1 is 1.07 bits per heavy atom. The van der Waals surface area contributed by atoms with E-state index < -0.39 is 0 Å². The number of amides is 1. The van der Waals surface area contributed by atoms with Gasteiger partial charge < -0.3 is 4.90 Å². The summed E-state index contributed by atoms with van der Waals surface area (Å²) in [6.07, 6.45) is 6.67. The summed E-state index contributed by atoms with van der Waals surface area (Å²) < 4.78 is 0. The lowest BCUT2D eigenvalue weighted by atomic mass is 10.1. The van der Waals surface area contributed by atoms with Crippen LogP contribution in [0.5, 0.6) is 0 Å². The van der Waals surface area contributed by atoms with Gasteiger partial charge in [-0.25, -0.2) is 9.97 Å². The standard InChI is InChI=1S/C22H26N3OS2/c1-2-3-4-5-9-13-25(14-12-19-15-27-17-23-19)22(26)20-16-28-21(24-20)18-10-7-6-8-11-18/h6-8,10-11,15-16H,2-5,9,12-14H2,1H3. The van der Waals surface area contributed by atoms with Crippen LogP contribution in [-0.4, -0.2) is 33.9 Å². The molecule has 0 aliphatic rings. The van der Waals surface area contributed by atoms with Crippen molar-refractivity contribution < 1.29 is 4.79 Å². The number of carbonyl (C=O) groups excluding carboxylic acids is 1. The van der Waals surface area contributed by atoms with Crippen LogP contribution < -0.4 is 0 Å². The van der Waals surface area contributed by atoms with Crippen LogP contribution in [0.15, 0.2) is 41.1 Å². The second-order valence-corrected chi connectivity index (χ2v) is 8.30. The highest BCUT2D eigenvalue weighted by Gasteiger charge is 2.19. The minimum atomic E-state index is 0.0214. The first-order chi connectivity index (χ1) is 13.8. The van der Waals surface area contributed by atoms with E-state index >= 15 is 0 Å². The monoisotopic (exact) mass is 412 g/mol. The van der Waals surface area contributed by atoms with Crippen LogP contribution in [0.2, 0.25) is 0 Å². The van der Waals surface area contributed by atoms with E-state index in [1.807, 2.05) is 46.0 Å². The van der Waals surface area contributed by atoms with Crippen molar-refractivity contribution in [3.8, 4) is 10.6 Å². The molecular formula is C22H26N3OS2. The van der Waals surface area contributed by atoms with Crippen molar-refractivity contribution in [2.24, 2.45) is 0 Å². The van der Waals surface area contributed by atoms with Crippen LogP contribution >= 0.6 is 22.7 Å². The lowest BCUT2D eigenvalue weighted by Gasteiger charge is -2.21. The summed E-state index contributed by atoms with van der Waals surface area (Å²) in [4.78, 5) is 23.9. The van der Waals surface area contributed by atoms with Gasteiger partial charge in [-0.3, -0.25) is 4.79 Å². The lowest BCUT2D eigenvalue weighted by Crippen LogP contribution is -2.34. The van der Waals surface area contributed by atoms with Gasteiger partial charge in [0.15, 0.2) is 5.51 Å². The predicted molar refractivity (Wildman–Crippen MR) is 117 cm³/mol. The van der Waals surface area contributed by atoms with E-state index in [1.165, 1.54) is 41.9 Å². The second kappa shape index (κ2) is 11.1. The van der Waals surface area contributed by atoms with E-state index in [9.17, 15) is 4.79 Å². The van der Waals surface area contributed by atoms with Crippen molar-refractivity contribution in [3.63, 3.8) is 0 Å². The molecule has 28 heavy (non-hydrogen) atoms. The number of aromatic nitrogens is 2. The topological polar surface area (TPSA) is 46.1 Å². The van der Waals surface area contributed by atoms with Gasteiger partial charge in [-0.1, -0.05) is 62.9 Å². The number of hydrogen-bond donors (Lipinski definition) is 0. The maximum Gasteiger partial charge on any atom is 0.273 e. The zero-order valence-corrected chi connectivity index (χ0v) is 17.9. The number of thiazole rings is 2. The van der Waals surface area contributed by atoms with Gasteiger partial charge in [0, 0.05) is 35.8 Å². The molecule has 1 radical (unpaired) electrons. The first-order valence-electron chi connectivity index (χ1n) is 9.88. The summed E-state index contributed by atoms with van der Waals surface area (Å²) in [5.41, 5.74) is 5.47. The van der Waals surface area contributed by atoms with Gasteiger partial charge in [-0.15, -0.1) is 22.7 Å². The third-order valence-corrected chi connectivity index (χ3v) is 6.12. The molecule has 3 aromatic rings. The first kappa shape index (κ1) is 20.7. The van der Waals surface area contributed by atoms with Crippen molar-refractivity contribution in [1.29, 1.82) is 0 Å². The van der Waals surface area contributed by atoms with Crippen molar-refractivity contribution in [2.45, 2.75) is 45.4 Å². The lowest BCUT2D eigenvalue weighted by molar-refractivity contribution is 0.0749. The first-order valence-corrected chi connectivity index (χ1v) is 11.6. The van der Waals surface area contributed by atoms with E-state index in [-0.39, 0.29) is 5.91 Å². The summed E-state index contributed by atoms with van der Waals surface area (Å²) in [6.45, 7) is 3.66. The molecule has 0 fully saturated rings. The molecule has 0 unspecified atom stereocenters. The van der Waals surface area contributed by atoms with Crippen LogP contribution in [0.25, 0.3) is 10.6 Å². The number of rotatable bonds is 11. The molecule has 0 aliphatic carbocycles. The molecule has 0 spiro atoms. The van der Waals surface area contributed by atoms with Crippen LogP contribution in [0.3, 0.4) is 0 Å². The van der Waals surface area contributed by atoms with Gasteiger partial charge in [-0.05, 0) is 6.42 Å². The Balaban J connectivity index is 1.65. The Labute approximate surface area is 175 Å². The minimum absolute atomic E-state index is 0.0214. The Bertz CT molecular complexity index is 831. The zero-order valence-electron chi connectivity index (χ0n) is 16.3. The summed E-state index contributed by atoms with van der Waals surface area (Å²) in [5.74, 6) is 0.0214. The van der Waals surface area contributed by atoms with Gasteiger partial charge in [0.25, 0.3) is 5.91 Å². The second-order valence-electron chi connectivity index (χ2n) is 6.79. The predicted octanol–water partition coefficient (Wildman–Crippen LogP) is 5.72. The Morgan fingerprint density at radius 3 is 2.64 bits per heavy atom. The fraction of sp³-hybridized carbons (Fsp3) is 0.409. The molecule has 0 N–H and O–H groups in total. The molecule has 0 aliphatic heterocycles. The Hall–Kier alpha value is -2.05. The van der Waals surface area contributed by atoms with E-state index in [0.717, 1.165) is 42.1 Å². The van der Waals surface area contributed by atoms with Crippen molar-refractivity contribution in [1.82, 2.24) is 14.9 Å². The van der Waals surface area contributed by atoms with Crippen LogP contribution in [0.4, 0.5) is 0 Å². The molecule has 1 amide bonds. The van der Waals surface area contributed by atoms with Crippen molar-refractivity contribution in [3.05, 3.63) is 58.0 Å². The van der Waals surface area contributed by atoms with Crippen LogP contribution in [0, 0.1) is 5.51 Å². The highest BCUT2D eigenvalue weighted by atomic mass is 32.1. The van der Waals surface area contributed by atoms with Gasteiger partial charge in [0.1, 0.15) is 10.7 Å². The van der Waals surface area contributed by atoms with Crippen LogP contribution in [-0.2, 0) is 6.42 Å². The number of unbranched alkanes of at least 4 members (excludes halogenated alkanes) is 4. The van der Waals surface area contributed by atoms with Crippen LogP contribution in [0.1, 0.15) is 55.2 Å². The average Bonchev–Trinajstić information content (AvgIpc) is 3.42. The Morgan fingerprint density at radius 2 is 1.89 bits per heavy atom. The number of carbonyl (C=O) groups is 1. The Kier molecular flexibility index (Phi) is 8.18. The third kappa shape index (κ3) is 5.97. The number of hydrogen-bond acceptors (Lipinski definition) is 5. The summed E-state index contributed by atoms with van der Waals surface area (Å²) in [5, 5.41) is 4.77. The van der Waals surface area contributed by atoms with Crippen molar-refractivity contribution in [2.75, 3.05) is 13.1 Å².